The quantitative estimate of drug-likeness (QED) is 0.878. The van der Waals surface area contributed by atoms with Crippen molar-refractivity contribution < 1.29 is 27.9 Å². The summed E-state index contributed by atoms with van der Waals surface area (Å²) in [6.07, 6.45) is -4.07. The summed E-state index contributed by atoms with van der Waals surface area (Å²) in [6.45, 7) is 2.98. The van der Waals surface area contributed by atoms with E-state index >= 15 is 0 Å². The number of alkyl halides is 3. The summed E-state index contributed by atoms with van der Waals surface area (Å²) in [4.78, 5) is 24.5. The minimum atomic E-state index is -4.62. The van der Waals surface area contributed by atoms with Gasteiger partial charge in [0.15, 0.2) is 0 Å². The molecule has 0 saturated carbocycles. The Hall–Kier alpha value is -2.05. The molecule has 1 aromatic carbocycles. The van der Waals surface area contributed by atoms with Crippen LogP contribution in [0.15, 0.2) is 30.3 Å². The molecule has 1 aromatic rings. The third-order valence-electron chi connectivity index (χ3n) is 4.93. The SMILES string of the molecule is CC(C)(CCC(=O)N1C[C@@H](C(F)(F)F)[C@H](C(=O)O)C1)c1ccccc1. The van der Waals surface area contributed by atoms with Crippen LogP contribution in [0.25, 0.3) is 0 Å². The summed E-state index contributed by atoms with van der Waals surface area (Å²) >= 11 is 0. The monoisotopic (exact) mass is 357 g/mol. The van der Waals surface area contributed by atoms with Gasteiger partial charge in [-0.3, -0.25) is 9.59 Å². The molecule has 0 aliphatic carbocycles. The predicted octanol–water partition coefficient (Wildman–Crippen LogP) is 3.47. The van der Waals surface area contributed by atoms with Crippen molar-refractivity contribution in [2.75, 3.05) is 13.1 Å². The first-order chi connectivity index (χ1) is 11.5. The molecule has 7 heteroatoms. The summed E-state index contributed by atoms with van der Waals surface area (Å²) in [5.41, 5.74) is 0.743. The number of nitrogens with zero attached hydrogens (tertiary/aromatic N) is 1. The third kappa shape index (κ3) is 4.52. The predicted molar refractivity (Wildman–Crippen MR) is 86.0 cm³/mol. The highest BCUT2D eigenvalue weighted by molar-refractivity contribution is 5.79. The van der Waals surface area contributed by atoms with Crippen molar-refractivity contribution in [3.05, 3.63) is 35.9 Å². The summed E-state index contributed by atoms with van der Waals surface area (Å²) in [6, 6.07) is 9.56. The molecule has 0 spiro atoms. The van der Waals surface area contributed by atoms with Gasteiger partial charge in [-0.25, -0.2) is 0 Å². The minimum absolute atomic E-state index is 0.0822. The van der Waals surface area contributed by atoms with Crippen LogP contribution < -0.4 is 0 Å². The lowest BCUT2D eigenvalue weighted by molar-refractivity contribution is -0.188. The van der Waals surface area contributed by atoms with Gasteiger partial charge in [0, 0.05) is 19.5 Å². The molecule has 25 heavy (non-hydrogen) atoms. The number of likely N-dealkylation sites (tertiary alicyclic amines) is 1. The van der Waals surface area contributed by atoms with Gasteiger partial charge in [0.25, 0.3) is 0 Å². The van der Waals surface area contributed by atoms with E-state index < -0.39 is 36.4 Å². The zero-order valence-corrected chi connectivity index (χ0v) is 14.2. The summed E-state index contributed by atoms with van der Waals surface area (Å²) in [5, 5.41) is 9.02. The van der Waals surface area contributed by atoms with Crippen molar-refractivity contribution in [3.8, 4) is 0 Å². The van der Waals surface area contributed by atoms with Crippen molar-refractivity contribution >= 4 is 11.9 Å². The van der Waals surface area contributed by atoms with E-state index in [2.05, 4.69) is 0 Å². The molecule has 1 aliphatic heterocycles. The molecule has 1 amide bonds. The van der Waals surface area contributed by atoms with E-state index in [1.54, 1.807) is 0 Å². The molecule has 0 bridgehead atoms. The number of carboxylic acid groups (broad SMARTS) is 1. The van der Waals surface area contributed by atoms with Gasteiger partial charge in [-0.2, -0.15) is 13.2 Å². The standard InChI is InChI=1S/C18H22F3NO3/c1-17(2,12-6-4-3-5-7-12)9-8-15(23)22-10-13(16(24)25)14(11-22)18(19,20)21/h3-7,13-14H,8-11H2,1-2H3,(H,24,25)/t13-,14-/m1/s1. The van der Waals surface area contributed by atoms with Crippen LogP contribution in [0.5, 0.6) is 0 Å². The summed E-state index contributed by atoms with van der Waals surface area (Å²) in [7, 11) is 0. The first-order valence-electron chi connectivity index (χ1n) is 8.15. The number of hydrogen-bond acceptors (Lipinski definition) is 2. The Labute approximate surface area is 144 Å². The van der Waals surface area contributed by atoms with Crippen LogP contribution in [-0.4, -0.2) is 41.1 Å². The summed E-state index contributed by atoms with van der Waals surface area (Å²) in [5.74, 6) is -5.54. The van der Waals surface area contributed by atoms with E-state index in [0.717, 1.165) is 10.5 Å². The maximum Gasteiger partial charge on any atom is 0.394 e. The largest absolute Gasteiger partial charge is 0.481 e. The highest BCUT2D eigenvalue weighted by atomic mass is 19.4. The van der Waals surface area contributed by atoms with Gasteiger partial charge < -0.3 is 10.0 Å². The fourth-order valence-electron chi connectivity index (χ4n) is 3.20. The molecular formula is C18H22F3NO3. The molecule has 2 rings (SSSR count). The molecule has 1 heterocycles. The third-order valence-corrected chi connectivity index (χ3v) is 4.93. The van der Waals surface area contributed by atoms with Crippen molar-refractivity contribution in [2.45, 2.75) is 38.3 Å². The fraction of sp³-hybridized carbons (Fsp3) is 0.556. The van der Waals surface area contributed by atoms with Crippen LogP contribution in [0.2, 0.25) is 0 Å². The zero-order valence-electron chi connectivity index (χ0n) is 14.2. The number of aliphatic carboxylic acids is 1. The number of carbonyl (C=O) groups excluding carboxylic acids is 1. The second-order valence-corrected chi connectivity index (χ2v) is 7.14. The summed E-state index contributed by atoms with van der Waals surface area (Å²) < 4.78 is 39.0. The van der Waals surface area contributed by atoms with Gasteiger partial charge in [-0.15, -0.1) is 0 Å². The Morgan fingerprint density at radius 3 is 2.24 bits per heavy atom. The van der Waals surface area contributed by atoms with Crippen LogP contribution in [0, 0.1) is 11.8 Å². The van der Waals surface area contributed by atoms with E-state index in [1.165, 1.54) is 0 Å². The Balaban J connectivity index is 2.01. The molecule has 0 aromatic heterocycles. The first-order valence-corrected chi connectivity index (χ1v) is 8.15. The Bertz CT molecular complexity index is 628. The maximum atomic E-state index is 13.0. The van der Waals surface area contributed by atoms with E-state index in [9.17, 15) is 22.8 Å². The second kappa shape index (κ2) is 7.06. The topological polar surface area (TPSA) is 57.6 Å². The van der Waals surface area contributed by atoms with Crippen LogP contribution in [0.3, 0.4) is 0 Å². The average Bonchev–Trinajstić information content (AvgIpc) is 2.99. The maximum absolute atomic E-state index is 13.0. The van der Waals surface area contributed by atoms with Crippen LogP contribution in [0.1, 0.15) is 32.3 Å². The molecule has 0 radical (unpaired) electrons. The lowest BCUT2D eigenvalue weighted by atomic mass is 9.80. The Morgan fingerprint density at radius 2 is 1.76 bits per heavy atom. The molecule has 4 nitrogen and oxygen atoms in total. The lowest BCUT2D eigenvalue weighted by Crippen LogP contribution is -2.34. The Morgan fingerprint density at radius 1 is 1.16 bits per heavy atom. The van der Waals surface area contributed by atoms with Crippen LogP contribution in [0.4, 0.5) is 13.2 Å². The molecule has 1 aliphatic rings. The molecule has 0 unspecified atom stereocenters. The molecule has 2 atom stereocenters. The van der Waals surface area contributed by atoms with Crippen molar-refractivity contribution in [1.29, 1.82) is 0 Å². The molecule has 1 saturated heterocycles. The Kier molecular flexibility index (Phi) is 5.44. The van der Waals surface area contributed by atoms with Gasteiger partial charge in [-0.05, 0) is 17.4 Å². The van der Waals surface area contributed by atoms with Crippen molar-refractivity contribution in [1.82, 2.24) is 4.90 Å². The van der Waals surface area contributed by atoms with Gasteiger partial charge >= 0.3 is 12.1 Å². The molecular weight excluding hydrogens is 335 g/mol. The second-order valence-electron chi connectivity index (χ2n) is 7.14. The van der Waals surface area contributed by atoms with Gasteiger partial charge in [0.2, 0.25) is 5.91 Å². The number of rotatable bonds is 5. The molecule has 138 valence electrons. The van der Waals surface area contributed by atoms with Gasteiger partial charge in [0.05, 0.1) is 11.8 Å². The van der Waals surface area contributed by atoms with E-state index in [4.69, 9.17) is 5.11 Å². The smallest absolute Gasteiger partial charge is 0.394 e. The number of amides is 1. The van der Waals surface area contributed by atoms with E-state index in [1.807, 2.05) is 44.2 Å². The molecule has 1 fully saturated rings. The van der Waals surface area contributed by atoms with Gasteiger partial charge in [0.1, 0.15) is 0 Å². The molecule has 1 N–H and O–H groups in total. The van der Waals surface area contributed by atoms with Gasteiger partial charge in [-0.1, -0.05) is 44.2 Å². The highest BCUT2D eigenvalue weighted by Gasteiger charge is 2.53. The zero-order chi connectivity index (χ0) is 18.8. The van der Waals surface area contributed by atoms with Crippen LogP contribution in [-0.2, 0) is 15.0 Å². The number of hydrogen-bond donors (Lipinski definition) is 1. The number of carbonyl (C=O) groups is 2. The normalized spacial score (nSPS) is 21.4. The number of benzene rings is 1. The van der Waals surface area contributed by atoms with Crippen molar-refractivity contribution in [3.63, 3.8) is 0 Å². The average molecular weight is 357 g/mol. The van der Waals surface area contributed by atoms with Crippen LogP contribution >= 0.6 is 0 Å². The lowest BCUT2D eigenvalue weighted by Gasteiger charge is -2.26. The fourth-order valence-corrected chi connectivity index (χ4v) is 3.20. The number of halogens is 3. The minimum Gasteiger partial charge on any atom is -0.481 e. The van der Waals surface area contributed by atoms with E-state index in [-0.39, 0.29) is 18.4 Å². The van der Waals surface area contributed by atoms with E-state index in [0.29, 0.717) is 6.42 Å². The first kappa shape index (κ1) is 19.3. The van der Waals surface area contributed by atoms with Crippen molar-refractivity contribution in [2.24, 2.45) is 11.8 Å². The highest BCUT2D eigenvalue weighted by Crippen LogP contribution is 2.38. The number of carboxylic acids is 1.